The number of carbonyl (C=O) groups excluding carboxylic acids is 1. The highest BCUT2D eigenvalue weighted by Crippen LogP contribution is 2.12. The van der Waals surface area contributed by atoms with Crippen molar-refractivity contribution < 1.29 is 9.53 Å². The SMILES string of the molecule is CCOC(=O)C(CC)N(CC)C(C)CC. The van der Waals surface area contributed by atoms with E-state index < -0.39 is 0 Å². The highest BCUT2D eigenvalue weighted by atomic mass is 16.5. The van der Waals surface area contributed by atoms with Crippen LogP contribution in [0.2, 0.25) is 0 Å². The lowest BCUT2D eigenvalue weighted by molar-refractivity contribution is -0.150. The van der Waals surface area contributed by atoms with Gasteiger partial charge in [-0.05, 0) is 33.2 Å². The van der Waals surface area contributed by atoms with Crippen LogP contribution in [-0.4, -0.2) is 36.1 Å². The molecular weight excluding hydrogens is 190 g/mol. The molecule has 0 amide bonds. The summed E-state index contributed by atoms with van der Waals surface area (Å²) in [5, 5.41) is 0. The molecule has 0 aliphatic rings. The first kappa shape index (κ1) is 14.4. The summed E-state index contributed by atoms with van der Waals surface area (Å²) >= 11 is 0. The molecule has 0 saturated carbocycles. The zero-order valence-electron chi connectivity index (χ0n) is 10.7. The lowest BCUT2D eigenvalue weighted by Gasteiger charge is -2.33. The van der Waals surface area contributed by atoms with Crippen LogP contribution in [0.25, 0.3) is 0 Å². The van der Waals surface area contributed by atoms with Gasteiger partial charge in [-0.3, -0.25) is 9.69 Å². The van der Waals surface area contributed by atoms with Gasteiger partial charge in [0.25, 0.3) is 0 Å². The molecule has 2 atom stereocenters. The van der Waals surface area contributed by atoms with E-state index in [4.69, 9.17) is 4.74 Å². The topological polar surface area (TPSA) is 29.5 Å². The Labute approximate surface area is 93.8 Å². The summed E-state index contributed by atoms with van der Waals surface area (Å²) in [5.41, 5.74) is 0. The fourth-order valence-corrected chi connectivity index (χ4v) is 1.85. The standard InChI is InChI=1S/C12H25NO2/c1-6-10(5)13(8-3)11(7-2)12(14)15-9-4/h10-11H,6-9H2,1-5H3. The number of rotatable bonds is 7. The Hall–Kier alpha value is -0.570. The van der Waals surface area contributed by atoms with Crippen LogP contribution in [0.3, 0.4) is 0 Å². The van der Waals surface area contributed by atoms with Gasteiger partial charge in [0.1, 0.15) is 6.04 Å². The Kier molecular flexibility index (Phi) is 7.39. The molecule has 0 aromatic rings. The number of nitrogens with zero attached hydrogens (tertiary/aromatic N) is 1. The molecule has 0 aromatic heterocycles. The summed E-state index contributed by atoms with van der Waals surface area (Å²) in [6.45, 7) is 11.6. The third kappa shape index (κ3) is 4.20. The maximum absolute atomic E-state index is 11.7. The molecule has 0 N–H and O–H groups in total. The predicted molar refractivity (Wildman–Crippen MR) is 62.8 cm³/mol. The highest BCUT2D eigenvalue weighted by molar-refractivity contribution is 5.75. The number of hydrogen-bond acceptors (Lipinski definition) is 3. The minimum atomic E-state index is -0.0813. The fraction of sp³-hybridized carbons (Fsp3) is 0.917. The molecule has 2 unspecified atom stereocenters. The zero-order chi connectivity index (χ0) is 11.8. The van der Waals surface area contributed by atoms with E-state index in [1.807, 2.05) is 13.8 Å². The Morgan fingerprint density at radius 3 is 2.13 bits per heavy atom. The van der Waals surface area contributed by atoms with Crippen LogP contribution in [0, 0.1) is 0 Å². The van der Waals surface area contributed by atoms with Crippen molar-refractivity contribution >= 4 is 5.97 Å². The fourth-order valence-electron chi connectivity index (χ4n) is 1.85. The van der Waals surface area contributed by atoms with E-state index in [1.165, 1.54) is 0 Å². The first-order valence-electron chi connectivity index (χ1n) is 6.04. The van der Waals surface area contributed by atoms with Crippen molar-refractivity contribution in [2.45, 2.75) is 59.5 Å². The van der Waals surface area contributed by atoms with Gasteiger partial charge in [-0.2, -0.15) is 0 Å². The van der Waals surface area contributed by atoms with E-state index in [-0.39, 0.29) is 12.0 Å². The van der Waals surface area contributed by atoms with Crippen LogP contribution >= 0.6 is 0 Å². The third-order valence-electron chi connectivity index (χ3n) is 2.87. The maximum Gasteiger partial charge on any atom is 0.323 e. The largest absolute Gasteiger partial charge is 0.465 e. The summed E-state index contributed by atoms with van der Waals surface area (Å²) < 4.78 is 5.09. The van der Waals surface area contributed by atoms with Crippen LogP contribution in [0.4, 0.5) is 0 Å². The second kappa shape index (κ2) is 7.69. The maximum atomic E-state index is 11.7. The average Bonchev–Trinajstić information content (AvgIpc) is 2.24. The second-order valence-corrected chi connectivity index (χ2v) is 3.76. The van der Waals surface area contributed by atoms with Gasteiger partial charge in [-0.1, -0.05) is 20.8 Å². The smallest absolute Gasteiger partial charge is 0.323 e. The van der Waals surface area contributed by atoms with Crippen molar-refractivity contribution in [2.24, 2.45) is 0 Å². The van der Waals surface area contributed by atoms with Crippen LogP contribution in [-0.2, 0) is 9.53 Å². The lowest BCUT2D eigenvalue weighted by atomic mass is 10.1. The Morgan fingerprint density at radius 1 is 1.20 bits per heavy atom. The van der Waals surface area contributed by atoms with Gasteiger partial charge in [0, 0.05) is 6.04 Å². The Morgan fingerprint density at radius 2 is 1.80 bits per heavy atom. The molecule has 0 rings (SSSR count). The van der Waals surface area contributed by atoms with E-state index in [0.29, 0.717) is 12.6 Å². The third-order valence-corrected chi connectivity index (χ3v) is 2.87. The first-order valence-corrected chi connectivity index (χ1v) is 6.04. The summed E-state index contributed by atoms with van der Waals surface area (Å²) in [6, 6.07) is 0.356. The van der Waals surface area contributed by atoms with Crippen LogP contribution in [0.15, 0.2) is 0 Å². The van der Waals surface area contributed by atoms with Crippen LogP contribution in [0.5, 0.6) is 0 Å². The Bertz CT molecular complexity index is 182. The molecule has 0 fully saturated rings. The predicted octanol–water partition coefficient (Wildman–Crippen LogP) is 2.45. The minimum Gasteiger partial charge on any atom is -0.465 e. The van der Waals surface area contributed by atoms with Crippen LogP contribution in [0.1, 0.15) is 47.5 Å². The molecule has 15 heavy (non-hydrogen) atoms. The second-order valence-electron chi connectivity index (χ2n) is 3.76. The summed E-state index contributed by atoms with van der Waals surface area (Å²) in [6.07, 6.45) is 1.88. The van der Waals surface area contributed by atoms with E-state index in [2.05, 4.69) is 25.7 Å². The van der Waals surface area contributed by atoms with Gasteiger partial charge in [0.05, 0.1) is 6.61 Å². The van der Waals surface area contributed by atoms with Crippen molar-refractivity contribution in [3.05, 3.63) is 0 Å². The summed E-state index contributed by atoms with van der Waals surface area (Å²) in [7, 11) is 0. The number of esters is 1. The molecule has 0 aliphatic carbocycles. The summed E-state index contributed by atoms with van der Waals surface area (Å²) in [5.74, 6) is -0.0813. The van der Waals surface area contributed by atoms with Crippen molar-refractivity contribution in [1.82, 2.24) is 4.90 Å². The Balaban J connectivity index is 4.52. The molecular formula is C12H25NO2. The average molecular weight is 215 g/mol. The molecule has 0 saturated heterocycles. The van der Waals surface area contributed by atoms with Crippen LogP contribution < -0.4 is 0 Å². The normalized spacial score (nSPS) is 15.1. The molecule has 0 spiro atoms. The molecule has 90 valence electrons. The number of hydrogen-bond donors (Lipinski definition) is 0. The van der Waals surface area contributed by atoms with E-state index >= 15 is 0 Å². The van der Waals surface area contributed by atoms with Gasteiger partial charge in [0.15, 0.2) is 0 Å². The van der Waals surface area contributed by atoms with Crippen molar-refractivity contribution in [1.29, 1.82) is 0 Å². The molecule has 0 bridgehead atoms. The quantitative estimate of drug-likeness (QED) is 0.611. The monoisotopic (exact) mass is 215 g/mol. The summed E-state index contributed by atoms with van der Waals surface area (Å²) in [4.78, 5) is 14.0. The van der Waals surface area contributed by atoms with Crippen molar-refractivity contribution in [3.8, 4) is 0 Å². The minimum absolute atomic E-state index is 0.0788. The lowest BCUT2D eigenvalue weighted by Crippen LogP contribution is -2.46. The van der Waals surface area contributed by atoms with Crippen molar-refractivity contribution in [2.75, 3.05) is 13.2 Å². The van der Waals surface area contributed by atoms with Gasteiger partial charge in [-0.25, -0.2) is 0 Å². The van der Waals surface area contributed by atoms with Gasteiger partial charge in [0.2, 0.25) is 0 Å². The molecule has 0 heterocycles. The molecule has 3 nitrogen and oxygen atoms in total. The highest BCUT2D eigenvalue weighted by Gasteiger charge is 2.26. The van der Waals surface area contributed by atoms with Crippen molar-refractivity contribution in [3.63, 3.8) is 0 Å². The van der Waals surface area contributed by atoms with Gasteiger partial charge < -0.3 is 4.74 Å². The first-order chi connectivity index (χ1) is 7.12. The van der Waals surface area contributed by atoms with Gasteiger partial charge >= 0.3 is 5.97 Å². The molecule has 0 radical (unpaired) electrons. The van der Waals surface area contributed by atoms with E-state index in [9.17, 15) is 4.79 Å². The van der Waals surface area contributed by atoms with E-state index in [0.717, 1.165) is 19.4 Å². The molecule has 0 aliphatic heterocycles. The number of carbonyl (C=O) groups is 1. The van der Waals surface area contributed by atoms with Gasteiger partial charge in [-0.15, -0.1) is 0 Å². The molecule has 3 heteroatoms. The molecule has 0 aromatic carbocycles. The zero-order valence-corrected chi connectivity index (χ0v) is 10.7. The van der Waals surface area contributed by atoms with E-state index in [1.54, 1.807) is 0 Å². The number of likely N-dealkylation sites (N-methyl/N-ethyl adjacent to an activating group) is 1. The number of ether oxygens (including phenoxy) is 1.